The Labute approximate surface area is 271 Å². The Balaban J connectivity index is 1.04. The van der Waals surface area contributed by atoms with Gasteiger partial charge in [-0.1, -0.05) is 29.8 Å². The number of likely N-dealkylation sites (N-methyl/N-ethyl adjacent to an activating group) is 1. The van der Waals surface area contributed by atoms with Crippen LogP contribution in [0.5, 0.6) is 0 Å². The fraction of sp³-hybridized carbons (Fsp3) is 0.667. The maximum absolute atomic E-state index is 13.3. The minimum Gasteiger partial charge on any atom is -0.381 e. The molecule has 0 atom stereocenters. The second-order valence-corrected chi connectivity index (χ2v) is 13.0. The number of piperidine rings is 1. The van der Waals surface area contributed by atoms with Gasteiger partial charge in [0, 0.05) is 65.2 Å². The van der Waals surface area contributed by atoms with Crippen molar-refractivity contribution >= 4 is 23.4 Å². The van der Waals surface area contributed by atoms with Crippen molar-refractivity contribution in [2.24, 2.45) is 5.92 Å². The lowest BCUT2D eigenvalue weighted by molar-refractivity contribution is -0.143. The molecule has 0 unspecified atom stereocenters. The summed E-state index contributed by atoms with van der Waals surface area (Å²) in [6.07, 6.45) is 6.70. The normalized spacial score (nSPS) is 18.6. The summed E-state index contributed by atoms with van der Waals surface area (Å²) in [4.78, 5) is 31.6. The lowest BCUT2D eigenvalue weighted by Crippen LogP contribution is -2.58. The highest BCUT2D eigenvalue weighted by Gasteiger charge is 2.41. The van der Waals surface area contributed by atoms with Crippen LogP contribution in [0.25, 0.3) is 0 Å². The minimum atomic E-state index is -0.444. The zero-order chi connectivity index (χ0) is 31.8. The Morgan fingerprint density at radius 3 is 2.60 bits per heavy atom. The molecule has 0 N–H and O–H groups in total. The van der Waals surface area contributed by atoms with Gasteiger partial charge in [0.25, 0.3) is 5.91 Å². The summed E-state index contributed by atoms with van der Waals surface area (Å²) in [7, 11) is 4.83. The molecule has 3 heterocycles. The number of rotatable bonds is 15. The average molecular weight is 646 g/mol. The molecular formula is C33H48ClN5O6. The third-order valence-electron chi connectivity index (χ3n) is 9.21. The second kappa shape index (κ2) is 15.8. The summed E-state index contributed by atoms with van der Waals surface area (Å²) in [6.45, 7) is 6.37. The number of aromatic nitrogens is 2. The van der Waals surface area contributed by atoms with Gasteiger partial charge in [-0.3, -0.25) is 19.2 Å². The fourth-order valence-corrected chi connectivity index (χ4v) is 6.42. The fourth-order valence-electron chi connectivity index (χ4n) is 6.14. The van der Waals surface area contributed by atoms with E-state index >= 15 is 0 Å². The number of likely N-dealkylation sites (tertiary alicyclic amines) is 1. The van der Waals surface area contributed by atoms with E-state index in [2.05, 4.69) is 16.1 Å². The van der Waals surface area contributed by atoms with Crippen molar-refractivity contribution < 1.29 is 28.5 Å². The molecule has 3 aliphatic rings. The average Bonchev–Trinajstić information content (AvgIpc) is 3.75. The van der Waals surface area contributed by atoms with Crippen LogP contribution in [0.3, 0.4) is 0 Å². The monoisotopic (exact) mass is 645 g/mol. The molecule has 2 saturated heterocycles. The Morgan fingerprint density at radius 2 is 1.87 bits per heavy atom. The Morgan fingerprint density at radius 1 is 1.11 bits per heavy atom. The minimum absolute atomic E-state index is 0.00320. The first kappa shape index (κ1) is 33.8. The van der Waals surface area contributed by atoms with Crippen LogP contribution in [-0.4, -0.2) is 122 Å². The van der Waals surface area contributed by atoms with E-state index in [1.54, 1.807) is 26.2 Å². The summed E-state index contributed by atoms with van der Waals surface area (Å²) < 4.78 is 24.3. The molecule has 2 amide bonds. The number of hydrogen-bond acceptors (Lipinski definition) is 8. The largest absolute Gasteiger partial charge is 0.381 e. The summed E-state index contributed by atoms with van der Waals surface area (Å²) >= 11 is 6.85. The van der Waals surface area contributed by atoms with E-state index in [0.29, 0.717) is 63.9 Å². The molecule has 1 aromatic heterocycles. The van der Waals surface area contributed by atoms with E-state index < -0.39 is 6.29 Å². The molecule has 0 radical (unpaired) electrons. The van der Waals surface area contributed by atoms with Crippen molar-refractivity contribution in [3.05, 3.63) is 52.3 Å². The van der Waals surface area contributed by atoms with Gasteiger partial charge in [0.1, 0.15) is 5.69 Å². The number of halogens is 1. The van der Waals surface area contributed by atoms with Gasteiger partial charge in [-0.05, 0) is 55.2 Å². The molecule has 45 heavy (non-hydrogen) atoms. The maximum atomic E-state index is 13.3. The van der Waals surface area contributed by atoms with E-state index in [4.69, 9.17) is 30.5 Å². The molecule has 2 aliphatic heterocycles. The highest BCUT2D eigenvalue weighted by molar-refractivity contribution is 6.32. The quantitative estimate of drug-likeness (QED) is 0.215. The zero-order valence-electron chi connectivity index (χ0n) is 26.9. The smallest absolute Gasteiger partial charge is 0.274 e. The first-order valence-electron chi connectivity index (χ1n) is 16.1. The van der Waals surface area contributed by atoms with E-state index in [-0.39, 0.29) is 17.4 Å². The summed E-state index contributed by atoms with van der Waals surface area (Å²) in [6, 6.07) is 8.01. The predicted molar refractivity (Wildman–Crippen MR) is 170 cm³/mol. The SMILES string of the molecule is COC(CN(C)C(=O)CCOCCc1cccc(CN2CCC3(CC2)CN(C(=O)c2ccn(CC4CC4)n2)CCO3)c1Cl)OC. The lowest BCUT2D eigenvalue weighted by atomic mass is 9.89. The molecule has 12 heteroatoms. The number of nitrogens with zero attached hydrogens (tertiary/aromatic N) is 5. The Hall–Kier alpha value is -2.54. The number of methoxy groups -OCH3 is 2. The molecule has 1 spiro atoms. The third kappa shape index (κ3) is 9.27. The molecule has 0 bridgehead atoms. The zero-order valence-corrected chi connectivity index (χ0v) is 27.7. The summed E-state index contributed by atoms with van der Waals surface area (Å²) in [5.41, 5.74) is 2.36. The number of ether oxygens (including phenoxy) is 4. The maximum Gasteiger partial charge on any atom is 0.274 e. The van der Waals surface area contributed by atoms with Crippen molar-refractivity contribution in [1.82, 2.24) is 24.5 Å². The summed E-state index contributed by atoms with van der Waals surface area (Å²) in [5, 5.41) is 5.33. The molecule has 248 valence electrons. The van der Waals surface area contributed by atoms with Gasteiger partial charge >= 0.3 is 0 Å². The molecule has 3 fully saturated rings. The topological polar surface area (TPSA) is 98.6 Å². The number of benzene rings is 1. The standard InChI is InChI=1S/C33H48ClN5O6/c1-36(23-30(42-2)43-3)29(40)11-19-44-18-10-26-5-4-6-27(31(26)34)22-37-15-12-33(13-16-37)24-38(17-20-45-33)32(41)28-9-14-39(35-28)21-25-7-8-25/h4-6,9,14,25,30H,7-8,10-13,15-24H2,1-3H3. The molecule has 1 saturated carbocycles. The van der Waals surface area contributed by atoms with Crippen LogP contribution >= 0.6 is 11.6 Å². The molecule has 1 aliphatic carbocycles. The molecular weight excluding hydrogens is 598 g/mol. The number of carbonyl (C=O) groups excluding carboxylic acids is 2. The van der Waals surface area contributed by atoms with Crippen molar-refractivity contribution in [3.63, 3.8) is 0 Å². The summed E-state index contributed by atoms with van der Waals surface area (Å²) in [5.74, 6) is 0.698. The van der Waals surface area contributed by atoms with Crippen molar-refractivity contribution in [3.8, 4) is 0 Å². The van der Waals surface area contributed by atoms with E-state index in [9.17, 15) is 9.59 Å². The van der Waals surface area contributed by atoms with E-state index in [0.717, 1.165) is 55.2 Å². The lowest BCUT2D eigenvalue weighted by Gasteiger charge is -2.47. The highest BCUT2D eigenvalue weighted by atomic mass is 35.5. The number of hydrogen-bond donors (Lipinski definition) is 0. The van der Waals surface area contributed by atoms with Crippen molar-refractivity contribution in [2.45, 2.75) is 63.5 Å². The van der Waals surface area contributed by atoms with Gasteiger partial charge in [0.05, 0.1) is 44.9 Å². The Kier molecular flexibility index (Phi) is 11.9. The highest BCUT2D eigenvalue weighted by Crippen LogP contribution is 2.33. The number of morpholine rings is 1. The second-order valence-electron chi connectivity index (χ2n) is 12.6. The van der Waals surface area contributed by atoms with Crippen LogP contribution in [-0.2, 0) is 43.3 Å². The first-order chi connectivity index (χ1) is 21.8. The van der Waals surface area contributed by atoms with Crippen LogP contribution < -0.4 is 0 Å². The predicted octanol–water partition coefficient (Wildman–Crippen LogP) is 3.48. The third-order valence-corrected chi connectivity index (χ3v) is 9.69. The van der Waals surface area contributed by atoms with Crippen LogP contribution in [0.1, 0.15) is 53.7 Å². The van der Waals surface area contributed by atoms with Crippen LogP contribution in [0.2, 0.25) is 5.02 Å². The van der Waals surface area contributed by atoms with E-state index in [1.807, 2.05) is 34.0 Å². The van der Waals surface area contributed by atoms with Gasteiger partial charge in [0.15, 0.2) is 6.29 Å². The van der Waals surface area contributed by atoms with Gasteiger partial charge in [-0.2, -0.15) is 5.10 Å². The van der Waals surface area contributed by atoms with Gasteiger partial charge in [-0.25, -0.2) is 0 Å². The first-order valence-corrected chi connectivity index (χ1v) is 16.5. The van der Waals surface area contributed by atoms with Gasteiger partial charge in [-0.15, -0.1) is 0 Å². The molecule has 2 aromatic rings. The van der Waals surface area contributed by atoms with E-state index in [1.165, 1.54) is 12.8 Å². The van der Waals surface area contributed by atoms with Crippen molar-refractivity contribution in [1.29, 1.82) is 0 Å². The van der Waals surface area contributed by atoms with Crippen LogP contribution in [0.15, 0.2) is 30.5 Å². The van der Waals surface area contributed by atoms with Gasteiger partial charge in [0.2, 0.25) is 5.91 Å². The van der Waals surface area contributed by atoms with Gasteiger partial charge < -0.3 is 28.7 Å². The Bertz CT molecular complexity index is 1270. The number of amides is 2. The van der Waals surface area contributed by atoms with Crippen LogP contribution in [0.4, 0.5) is 0 Å². The molecule has 11 nitrogen and oxygen atoms in total. The molecule has 5 rings (SSSR count). The number of carbonyl (C=O) groups is 2. The molecule has 1 aromatic carbocycles. The van der Waals surface area contributed by atoms with Crippen LogP contribution in [0, 0.1) is 5.92 Å². The van der Waals surface area contributed by atoms with Crippen molar-refractivity contribution in [2.75, 3.05) is 73.8 Å².